The van der Waals surface area contributed by atoms with Gasteiger partial charge in [-0.25, -0.2) is 4.79 Å². The van der Waals surface area contributed by atoms with Crippen LogP contribution in [0.3, 0.4) is 0 Å². The number of methoxy groups -OCH3 is 2. The van der Waals surface area contributed by atoms with E-state index < -0.39 is 18.5 Å². The summed E-state index contributed by atoms with van der Waals surface area (Å²) in [6.45, 7) is 4.01. The van der Waals surface area contributed by atoms with E-state index in [0.717, 1.165) is 0 Å². The van der Waals surface area contributed by atoms with Gasteiger partial charge in [0.1, 0.15) is 5.75 Å². The maximum atomic E-state index is 12.3. The molecule has 1 amide bonds. The average molecular weight is 422 g/mol. The number of ether oxygens (including phenoxy) is 4. The second-order valence-electron chi connectivity index (χ2n) is 6.55. The Bertz CT molecular complexity index is 851. The lowest BCUT2D eigenvalue weighted by atomic mass is 10.2. The van der Waals surface area contributed by atoms with Crippen LogP contribution >= 0.6 is 11.6 Å². The summed E-state index contributed by atoms with van der Waals surface area (Å²) in [4.78, 5) is 24.3. The van der Waals surface area contributed by atoms with Crippen molar-refractivity contribution in [3.8, 4) is 17.2 Å². The third-order valence-electron chi connectivity index (χ3n) is 3.73. The topological polar surface area (TPSA) is 83.1 Å². The zero-order chi connectivity index (χ0) is 21.4. The quantitative estimate of drug-likeness (QED) is 0.611. The summed E-state index contributed by atoms with van der Waals surface area (Å²) < 4.78 is 21.0. The summed E-state index contributed by atoms with van der Waals surface area (Å²) in [5.74, 6) is 0.458. The van der Waals surface area contributed by atoms with Crippen molar-refractivity contribution in [2.75, 3.05) is 32.8 Å². The Kier molecular flexibility index (Phi) is 8.15. The van der Waals surface area contributed by atoms with Crippen molar-refractivity contribution >= 4 is 29.2 Å². The molecule has 0 unspecified atom stereocenters. The molecule has 2 aromatic rings. The molecule has 7 nitrogen and oxygen atoms in total. The molecule has 0 aromatic heterocycles. The fraction of sp³-hybridized carbons (Fsp3) is 0.333. The first kappa shape index (κ1) is 22.4. The van der Waals surface area contributed by atoms with Crippen LogP contribution in [-0.4, -0.2) is 39.3 Å². The van der Waals surface area contributed by atoms with E-state index >= 15 is 0 Å². The molecular weight excluding hydrogens is 398 g/mol. The number of anilines is 1. The minimum Gasteiger partial charge on any atom is -0.497 e. The first-order valence-electron chi connectivity index (χ1n) is 8.95. The van der Waals surface area contributed by atoms with E-state index in [1.54, 1.807) is 31.4 Å². The van der Waals surface area contributed by atoms with Crippen LogP contribution < -0.4 is 19.5 Å². The Labute approximate surface area is 174 Å². The molecule has 0 aliphatic rings. The third kappa shape index (κ3) is 6.57. The van der Waals surface area contributed by atoms with E-state index in [4.69, 9.17) is 30.5 Å². The predicted molar refractivity (Wildman–Crippen MR) is 110 cm³/mol. The van der Waals surface area contributed by atoms with Crippen LogP contribution in [0.5, 0.6) is 17.2 Å². The first-order chi connectivity index (χ1) is 13.8. The van der Waals surface area contributed by atoms with Crippen molar-refractivity contribution in [2.24, 2.45) is 5.92 Å². The lowest BCUT2D eigenvalue weighted by Gasteiger charge is -2.15. The number of hydrogen-bond donors (Lipinski definition) is 1. The highest BCUT2D eigenvalue weighted by atomic mass is 35.5. The smallest absolute Gasteiger partial charge is 0.338 e. The molecule has 8 heteroatoms. The Hall–Kier alpha value is -2.93. The number of hydrogen-bond acceptors (Lipinski definition) is 6. The number of esters is 1. The van der Waals surface area contributed by atoms with E-state index in [1.807, 2.05) is 13.8 Å². The Morgan fingerprint density at radius 2 is 1.76 bits per heavy atom. The zero-order valence-corrected chi connectivity index (χ0v) is 17.5. The second-order valence-corrected chi connectivity index (χ2v) is 6.95. The van der Waals surface area contributed by atoms with Crippen LogP contribution in [0.4, 0.5) is 5.69 Å². The molecule has 0 heterocycles. The summed E-state index contributed by atoms with van der Waals surface area (Å²) >= 11 is 6.23. The number of amides is 1. The molecule has 2 aromatic carbocycles. The molecule has 0 saturated carbocycles. The highest BCUT2D eigenvalue weighted by Crippen LogP contribution is 2.36. The van der Waals surface area contributed by atoms with Gasteiger partial charge in [-0.1, -0.05) is 25.4 Å². The predicted octanol–water partition coefficient (Wildman–Crippen LogP) is 4.19. The number of carbonyl (C=O) groups is 2. The lowest BCUT2D eigenvalue weighted by Crippen LogP contribution is -2.21. The van der Waals surface area contributed by atoms with Crippen LogP contribution in [0.1, 0.15) is 24.2 Å². The molecule has 156 valence electrons. The molecule has 0 bridgehead atoms. The first-order valence-corrected chi connectivity index (χ1v) is 9.33. The summed E-state index contributed by atoms with van der Waals surface area (Å²) in [5, 5.41) is 2.85. The zero-order valence-electron chi connectivity index (χ0n) is 16.8. The number of halogens is 1. The summed E-state index contributed by atoms with van der Waals surface area (Å²) in [5.41, 5.74) is 0.712. The summed E-state index contributed by atoms with van der Waals surface area (Å²) in [6.07, 6.45) is 0. The molecule has 0 aliphatic carbocycles. The van der Waals surface area contributed by atoms with Crippen LogP contribution in [-0.2, 0) is 9.53 Å². The minimum absolute atomic E-state index is 0.154. The van der Waals surface area contributed by atoms with Gasteiger partial charge in [-0.05, 0) is 42.3 Å². The molecular formula is C21H24ClNO6. The number of nitrogens with one attached hydrogen (secondary N) is 1. The van der Waals surface area contributed by atoms with Crippen LogP contribution in [0.15, 0.2) is 36.4 Å². The van der Waals surface area contributed by atoms with E-state index in [1.165, 1.54) is 19.2 Å². The van der Waals surface area contributed by atoms with Gasteiger partial charge in [-0.3, -0.25) is 4.79 Å². The van der Waals surface area contributed by atoms with Crippen LogP contribution in [0.2, 0.25) is 5.02 Å². The second kappa shape index (κ2) is 10.6. The van der Waals surface area contributed by atoms with Crippen molar-refractivity contribution in [3.63, 3.8) is 0 Å². The van der Waals surface area contributed by atoms with Crippen LogP contribution in [0, 0.1) is 5.92 Å². The van der Waals surface area contributed by atoms with Gasteiger partial charge in [0, 0.05) is 5.69 Å². The molecule has 0 aliphatic heterocycles. The van der Waals surface area contributed by atoms with E-state index in [0.29, 0.717) is 35.5 Å². The SMILES string of the molecule is COc1ccc(NC(=O)COC(=O)c2cc(Cl)c(OCC(C)C)c(OC)c2)cc1. The molecule has 29 heavy (non-hydrogen) atoms. The van der Waals surface area contributed by atoms with Gasteiger partial charge in [-0.2, -0.15) is 0 Å². The molecule has 0 spiro atoms. The van der Waals surface area contributed by atoms with E-state index in [-0.39, 0.29) is 10.6 Å². The van der Waals surface area contributed by atoms with Crippen molar-refractivity contribution in [3.05, 3.63) is 47.0 Å². The van der Waals surface area contributed by atoms with Crippen LogP contribution in [0.25, 0.3) is 0 Å². The van der Waals surface area contributed by atoms with Gasteiger partial charge in [-0.15, -0.1) is 0 Å². The lowest BCUT2D eigenvalue weighted by molar-refractivity contribution is -0.119. The van der Waals surface area contributed by atoms with E-state index in [2.05, 4.69) is 5.32 Å². The Morgan fingerprint density at radius 3 is 2.34 bits per heavy atom. The Balaban J connectivity index is 1.98. The molecule has 0 fully saturated rings. The monoisotopic (exact) mass is 421 g/mol. The number of rotatable bonds is 9. The Morgan fingerprint density at radius 1 is 1.07 bits per heavy atom. The highest BCUT2D eigenvalue weighted by molar-refractivity contribution is 6.32. The van der Waals surface area contributed by atoms with Gasteiger partial charge in [0.2, 0.25) is 0 Å². The molecule has 2 rings (SSSR count). The van der Waals surface area contributed by atoms with Gasteiger partial charge < -0.3 is 24.3 Å². The fourth-order valence-corrected chi connectivity index (χ4v) is 2.58. The van der Waals surface area contributed by atoms with Crippen molar-refractivity contribution in [2.45, 2.75) is 13.8 Å². The minimum atomic E-state index is -0.703. The average Bonchev–Trinajstić information content (AvgIpc) is 2.70. The summed E-state index contributed by atoms with van der Waals surface area (Å²) in [6, 6.07) is 9.66. The molecule has 0 radical (unpaired) electrons. The molecule has 0 saturated heterocycles. The van der Waals surface area contributed by atoms with Gasteiger partial charge in [0.15, 0.2) is 18.1 Å². The highest BCUT2D eigenvalue weighted by Gasteiger charge is 2.18. The van der Waals surface area contributed by atoms with Gasteiger partial charge in [0.25, 0.3) is 5.91 Å². The van der Waals surface area contributed by atoms with Crippen molar-refractivity contribution < 1.29 is 28.5 Å². The number of carbonyl (C=O) groups excluding carboxylic acids is 2. The van der Waals surface area contributed by atoms with Crippen molar-refractivity contribution in [1.82, 2.24) is 0 Å². The maximum Gasteiger partial charge on any atom is 0.338 e. The largest absolute Gasteiger partial charge is 0.497 e. The molecule has 0 atom stereocenters. The number of benzene rings is 2. The fourth-order valence-electron chi connectivity index (χ4n) is 2.31. The third-order valence-corrected chi connectivity index (χ3v) is 4.02. The van der Waals surface area contributed by atoms with E-state index in [9.17, 15) is 9.59 Å². The normalized spacial score (nSPS) is 10.4. The summed E-state index contributed by atoms with van der Waals surface area (Å²) in [7, 11) is 3.00. The maximum absolute atomic E-state index is 12.3. The van der Waals surface area contributed by atoms with Gasteiger partial charge in [0.05, 0.1) is 31.4 Å². The van der Waals surface area contributed by atoms with Gasteiger partial charge >= 0.3 is 5.97 Å². The van der Waals surface area contributed by atoms with Crippen molar-refractivity contribution in [1.29, 1.82) is 0 Å². The molecule has 1 N–H and O–H groups in total. The standard InChI is InChI=1S/C21H24ClNO6/c1-13(2)11-28-20-17(22)9-14(10-18(20)27-4)21(25)29-12-19(24)23-15-5-7-16(26-3)8-6-15/h5-10,13H,11-12H2,1-4H3,(H,23,24).